The summed E-state index contributed by atoms with van der Waals surface area (Å²) in [6.45, 7) is 4.32. The predicted octanol–water partition coefficient (Wildman–Crippen LogP) is 3.98. The molecular weight excluding hydrogens is 562 g/mol. The third-order valence-electron chi connectivity index (χ3n) is 6.84. The first-order chi connectivity index (χ1) is 20.2. The highest BCUT2D eigenvalue weighted by atomic mass is 35.5. The van der Waals surface area contributed by atoms with Gasteiger partial charge in [0.1, 0.15) is 11.6 Å². The zero-order valence-electron chi connectivity index (χ0n) is 24.2. The number of nitrogen functional groups attached to an aromatic ring is 1. The number of nitrogens with zero attached hydrogens (tertiary/aromatic N) is 3. The van der Waals surface area contributed by atoms with Crippen LogP contribution >= 0.6 is 11.6 Å². The lowest BCUT2D eigenvalue weighted by Crippen LogP contribution is -2.35. The number of hydrogen-bond acceptors (Lipinski definition) is 11. The van der Waals surface area contributed by atoms with Crippen molar-refractivity contribution in [1.29, 1.82) is 0 Å². The Hall–Kier alpha value is -4.35. The minimum absolute atomic E-state index is 0.0344. The topological polar surface area (TPSA) is 138 Å². The second kappa shape index (κ2) is 13.5. The number of benzene rings is 2. The number of ether oxygens (including phenoxy) is 4. The molecule has 2 heterocycles. The molecule has 0 aliphatic carbocycles. The Bertz CT molecular complexity index is 1560. The van der Waals surface area contributed by atoms with Crippen molar-refractivity contribution < 1.29 is 28.5 Å². The zero-order chi connectivity index (χ0) is 30.4. The number of esters is 2. The number of halogens is 1. The Morgan fingerprint density at radius 2 is 1.86 bits per heavy atom. The van der Waals surface area contributed by atoms with Crippen LogP contribution in [-0.2, 0) is 23.8 Å². The second-order valence-corrected chi connectivity index (χ2v) is 9.90. The van der Waals surface area contributed by atoms with E-state index >= 15 is 0 Å². The average molecular weight is 596 g/mol. The number of dihydropyridines is 1. The Balaban J connectivity index is 1.58. The van der Waals surface area contributed by atoms with E-state index < -0.39 is 17.9 Å². The Labute approximate surface area is 249 Å². The van der Waals surface area contributed by atoms with Gasteiger partial charge in [-0.05, 0) is 37.6 Å². The molecule has 3 aromatic rings. The van der Waals surface area contributed by atoms with Crippen LogP contribution in [0, 0.1) is 0 Å². The first-order valence-electron chi connectivity index (χ1n) is 13.3. The lowest BCUT2D eigenvalue weighted by atomic mass is 9.80. The number of aromatic nitrogens is 2. The highest BCUT2D eigenvalue weighted by molar-refractivity contribution is 6.31. The molecule has 1 unspecified atom stereocenters. The fourth-order valence-corrected chi connectivity index (χ4v) is 5.00. The van der Waals surface area contributed by atoms with Gasteiger partial charge in [0.2, 0.25) is 5.95 Å². The molecule has 4 rings (SSSR count). The third-order valence-corrected chi connectivity index (χ3v) is 7.19. The summed E-state index contributed by atoms with van der Waals surface area (Å²) in [5.41, 5.74) is 8.89. The number of methoxy groups -OCH3 is 2. The number of nitrogens with two attached hydrogens (primary N) is 1. The molecule has 0 saturated heterocycles. The molecule has 0 amide bonds. The Kier molecular flexibility index (Phi) is 9.87. The first kappa shape index (κ1) is 30.6. The van der Waals surface area contributed by atoms with Crippen LogP contribution in [0.2, 0.25) is 5.02 Å². The maximum atomic E-state index is 13.3. The highest BCUT2D eigenvalue weighted by Gasteiger charge is 2.39. The van der Waals surface area contributed by atoms with Gasteiger partial charge in [-0.15, -0.1) is 0 Å². The quantitative estimate of drug-likeness (QED) is 0.246. The summed E-state index contributed by atoms with van der Waals surface area (Å²) in [4.78, 5) is 37.1. The van der Waals surface area contributed by atoms with E-state index in [0.717, 1.165) is 5.39 Å². The molecule has 11 nitrogen and oxygen atoms in total. The number of carbonyl (C=O) groups is 2. The van der Waals surface area contributed by atoms with Crippen LogP contribution in [0.1, 0.15) is 25.3 Å². The van der Waals surface area contributed by atoms with Crippen molar-refractivity contribution >= 4 is 46.2 Å². The molecule has 0 spiro atoms. The van der Waals surface area contributed by atoms with E-state index in [1.165, 1.54) is 7.11 Å². The van der Waals surface area contributed by atoms with E-state index in [0.29, 0.717) is 51.6 Å². The zero-order valence-corrected chi connectivity index (χ0v) is 24.9. The molecule has 3 N–H and O–H groups in total. The van der Waals surface area contributed by atoms with Crippen molar-refractivity contribution in [3.8, 4) is 5.75 Å². The molecule has 2 aromatic carbocycles. The summed E-state index contributed by atoms with van der Waals surface area (Å²) in [7, 11) is 4.71. The van der Waals surface area contributed by atoms with Crippen LogP contribution in [0.4, 0.5) is 11.8 Å². The van der Waals surface area contributed by atoms with E-state index in [9.17, 15) is 9.59 Å². The van der Waals surface area contributed by atoms with Gasteiger partial charge in [-0.25, -0.2) is 14.6 Å². The number of hydrogen-bond donors (Lipinski definition) is 2. The summed E-state index contributed by atoms with van der Waals surface area (Å²) >= 11 is 6.56. The number of likely N-dealkylation sites (N-methyl/N-ethyl adjacent to an activating group) is 1. The fraction of sp³-hybridized carbons (Fsp3) is 0.333. The van der Waals surface area contributed by atoms with E-state index in [1.807, 2.05) is 18.0 Å². The van der Waals surface area contributed by atoms with Gasteiger partial charge in [-0.3, -0.25) is 0 Å². The Morgan fingerprint density at radius 1 is 1.10 bits per heavy atom. The van der Waals surface area contributed by atoms with Gasteiger partial charge in [0.05, 0.1) is 62.3 Å². The number of nitrogens with one attached hydrogen (secondary N) is 1. The molecule has 0 radical (unpaired) electrons. The molecule has 0 saturated carbocycles. The van der Waals surface area contributed by atoms with Gasteiger partial charge in [-0.2, -0.15) is 4.98 Å². The van der Waals surface area contributed by atoms with Gasteiger partial charge in [0.25, 0.3) is 0 Å². The second-order valence-electron chi connectivity index (χ2n) is 9.49. The number of fused-ring (bicyclic) bond motifs is 1. The number of rotatable bonds is 11. The maximum Gasteiger partial charge on any atom is 0.336 e. The number of allylic oxidation sites excluding steroid dienone is 1. The normalized spacial score (nSPS) is 15.0. The van der Waals surface area contributed by atoms with E-state index in [-0.39, 0.29) is 31.0 Å². The smallest absolute Gasteiger partial charge is 0.336 e. The minimum Gasteiger partial charge on any atom is -0.497 e. The molecule has 1 aliphatic rings. The van der Waals surface area contributed by atoms with Crippen LogP contribution in [0.15, 0.2) is 65.0 Å². The number of carbonyl (C=O) groups excluding carboxylic acids is 2. The van der Waals surface area contributed by atoms with Gasteiger partial charge in [-0.1, -0.05) is 29.8 Å². The molecule has 222 valence electrons. The van der Waals surface area contributed by atoms with E-state index in [4.69, 9.17) is 36.3 Å². The summed E-state index contributed by atoms with van der Waals surface area (Å²) in [6, 6.07) is 12.5. The summed E-state index contributed by atoms with van der Waals surface area (Å²) in [5, 5.41) is 4.30. The summed E-state index contributed by atoms with van der Waals surface area (Å²) in [5.74, 6) is -0.540. The lowest BCUT2D eigenvalue weighted by molar-refractivity contribution is -0.139. The SMILES string of the molecule is CCOC(=O)C1=C(COCCN(C)c2nc(N)c3ccc(OC)cc3n2)NC(C)=C(C(=O)OC)C1c1ccccc1Cl. The van der Waals surface area contributed by atoms with E-state index in [1.54, 1.807) is 57.4 Å². The molecule has 0 bridgehead atoms. The van der Waals surface area contributed by atoms with Crippen LogP contribution in [-0.4, -0.2) is 69.5 Å². The third kappa shape index (κ3) is 6.42. The molecule has 1 aromatic heterocycles. The largest absolute Gasteiger partial charge is 0.497 e. The summed E-state index contributed by atoms with van der Waals surface area (Å²) < 4.78 is 21.8. The molecule has 1 aliphatic heterocycles. The van der Waals surface area contributed by atoms with Gasteiger partial charge in [0.15, 0.2) is 0 Å². The van der Waals surface area contributed by atoms with Gasteiger partial charge >= 0.3 is 11.9 Å². The predicted molar refractivity (Wildman–Crippen MR) is 160 cm³/mol. The van der Waals surface area contributed by atoms with E-state index in [2.05, 4.69) is 15.3 Å². The van der Waals surface area contributed by atoms with Crippen molar-refractivity contribution in [3.05, 3.63) is 75.6 Å². The standard InChI is InChI=1S/C30H34ClN5O6/c1-6-42-29(38)26-23(33-17(2)24(28(37)40-5)25(26)19-9-7-8-10-21(19)31)16-41-14-13-36(3)30-34-22-15-18(39-4)11-12-20(22)27(32)35-30/h7-12,15,25,33H,6,13-14,16H2,1-5H3,(H2,32,34,35). The highest BCUT2D eigenvalue weighted by Crippen LogP contribution is 2.42. The van der Waals surface area contributed by atoms with Crippen LogP contribution < -0.4 is 20.7 Å². The average Bonchev–Trinajstić information content (AvgIpc) is 2.98. The van der Waals surface area contributed by atoms with Crippen LogP contribution in [0.5, 0.6) is 5.75 Å². The molecular formula is C30H34ClN5O6. The minimum atomic E-state index is -0.821. The van der Waals surface area contributed by atoms with Gasteiger partial charge < -0.3 is 34.9 Å². The monoisotopic (exact) mass is 595 g/mol. The molecule has 1 atom stereocenters. The van der Waals surface area contributed by atoms with Crippen molar-refractivity contribution in [2.75, 3.05) is 58.3 Å². The molecule has 12 heteroatoms. The number of anilines is 2. The molecule has 42 heavy (non-hydrogen) atoms. The van der Waals surface area contributed by atoms with Crippen molar-refractivity contribution in [1.82, 2.24) is 15.3 Å². The van der Waals surface area contributed by atoms with Crippen molar-refractivity contribution in [3.63, 3.8) is 0 Å². The van der Waals surface area contributed by atoms with Crippen LogP contribution in [0.25, 0.3) is 10.9 Å². The van der Waals surface area contributed by atoms with Gasteiger partial charge in [0, 0.05) is 35.8 Å². The van der Waals surface area contributed by atoms with Crippen molar-refractivity contribution in [2.24, 2.45) is 0 Å². The Morgan fingerprint density at radius 3 is 2.55 bits per heavy atom. The maximum absolute atomic E-state index is 13.3. The van der Waals surface area contributed by atoms with Crippen LogP contribution in [0.3, 0.4) is 0 Å². The van der Waals surface area contributed by atoms with Crippen molar-refractivity contribution in [2.45, 2.75) is 19.8 Å². The first-order valence-corrected chi connectivity index (χ1v) is 13.7. The summed E-state index contributed by atoms with van der Waals surface area (Å²) in [6.07, 6.45) is 0. The molecule has 0 fully saturated rings. The lowest BCUT2D eigenvalue weighted by Gasteiger charge is -2.31. The fourth-order valence-electron chi connectivity index (χ4n) is 4.76.